The van der Waals surface area contributed by atoms with Crippen LogP contribution in [0.3, 0.4) is 0 Å². The third-order valence-electron chi connectivity index (χ3n) is 9.09. The Bertz CT molecular complexity index is 1040. The average molecular weight is 480 g/mol. The number of nitrogens with zero attached hydrogens (tertiary/aromatic N) is 3. The van der Waals surface area contributed by atoms with E-state index in [1.165, 1.54) is 37.8 Å². The van der Waals surface area contributed by atoms with Gasteiger partial charge in [0.05, 0.1) is 31.9 Å². The number of amides is 2. The Labute approximate surface area is 208 Å². The van der Waals surface area contributed by atoms with E-state index in [1.807, 2.05) is 12.1 Å². The summed E-state index contributed by atoms with van der Waals surface area (Å²) in [5, 5.41) is 0. The fourth-order valence-electron chi connectivity index (χ4n) is 7.57. The fraction of sp³-hybridized carbons (Fsp3) is 0.643. The van der Waals surface area contributed by atoms with E-state index in [-0.39, 0.29) is 30.2 Å². The van der Waals surface area contributed by atoms with Crippen LogP contribution >= 0.6 is 0 Å². The van der Waals surface area contributed by atoms with E-state index in [1.54, 1.807) is 25.2 Å². The fourth-order valence-corrected chi connectivity index (χ4v) is 7.57. The van der Waals surface area contributed by atoms with E-state index in [0.29, 0.717) is 41.6 Å². The van der Waals surface area contributed by atoms with Gasteiger partial charge < -0.3 is 19.3 Å². The molecular formula is C28H37N3O4. The lowest BCUT2D eigenvalue weighted by Crippen LogP contribution is -2.60. The molecule has 5 aliphatic rings. The molecule has 7 nitrogen and oxygen atoms in total. The van der Waals surface area contributed by atoms with Crippen LogP contribution in [-0.4, -0.2) is 74.1 Å². The van der Waals surface area contributed by atoms with Crippen molar-refractivity contribution in [2.24, 2.45) is 17.8 Å². The third-order valence-corrected chi connectivity index (χ3v) is 9.09. The van der Waals surface area contributed by atoms with Crippen LogP contribution in [-0.2, 0) is 9.59 Å². The van der Waals surface area contributed by atoms with Crippen molar-refractivity contribution in [2.45, 2.75) is 57.0 Å². The highest BCUT2D eigenvalue weighted by Gasteiger charge is 2.48. The van der Waals surface area contributed by atoms with Crippen LogP contribution in [0.25, 0.3) is 0 Å². The largest absolute Gasteiger partial charge is 0.497 e. The highest BCUT2D eigenvalue weighted by Crippen LogP contribution is 2.46. The number of carbonyl (C=O) groups is 2. The molecular weight excluding hydrogens is 442 g/mol. The molecule has 1 aromatic carbocycles. The van der Waals surface area contributed by atoms with Gasteiger partial charge in [-0.1, -0.05) is 18.1 Å². The molecule has 4 saturated heterocycles. The summed E-state index contributed by atoms with van der Waals surface area (Å²) in [7, 11) is 3.20. The lowest BCUT2D eigenvalue weighted by Gasteiger charge is -2.55. The molecule has 0 N–H and O–H groups in total. The molecule has 7 heteroatoms. The second-order valence-electron chi connectivity index (χ2n) is 11.0. The maximum Gasteiger partial charge on any atom is 0.228 e. The molecule has 6 rings (SSSR count). The molecule has 4 aliphatic heterocycles. The lowest BCUT2D eigenvalue weighted by molar-refractivity contribution is -0.140. The average Bonchev–Trinajstić information content (AvgIpc) is 3.28. The second-order valence-corrected chi connectivity index (χ2v) is 11.0. The summed E-state index contributed by atoms with van der Waals surface area (Å²) >= 11 is 0. The summed E-state index contributed by atoms with van der Waals surface area (Å²) < 4.78 is 10.8. The number of methoxy groups -OCH3 is 2. The van der Waals surface area contributed by atoms with Crippen LogP contribution in [0.2, 0.25) is 0 Å². The van der Waals surface area contributed by atoms with Crippen molar-refractivity contribution in [3.63, 3.8) is 0 Å². The van der Waals surface area contributed by atoms with Crippen LogP contribution in [0.5, 0.6) is 11.5 Å². The number of ether oxygens (including phenoxy) is 2. The van der Waals surface area contributed by atoms with Gasteiger partial charge in [0.1, 0.15) is 11.5 Å². The molecule has 0 aromatic heterocycles. The molecule has 4 fully saturated rings. The zero-order chi connectivity index (χ0) is 24.1. The predicted molar refractivity (Wildman–Crippen MR) is 134 cm³/mol. The lowest BCUT2D eigenvalue weighted by atomic mass is 9.68. The molecule has 2 bridgehead atoms. The molecule has 0 radical (unpaired) electrons. The number of carbonyl (C=O) groups excluding carboxylic acids is 2. The molecule has 0 spiro atoms. The van der Waals surface area contributed by atoms with Crippen LogP contribution < -0.4 is 14.4 Å². The van der Waals surface area contributed by atoms with Crippen LogP contribution in [0.1, 0.15) is 44.9 Å². The molecule has 5 atom stereocenters. The first-order valence-corrected chi connectivity index (χ1v) is 13.3. The van der Waals surface area contributed by atoms with Crippen molar-refractivity contribution in [1.82, 2.24) is 9.80 Å². The van der Waals surface area contributed by atoms with Gasteiger partial charge in [0.2, 0.25) is 11.8 Å². The molecule has 4 heterocycles. The van der Waals surface area contributed by atoms with Gasteiger partial charge in [0.15, 0.2) is 0 Å². The highest BCUT2D eigenvalue weighted by atomic mass is 16.5. The van der Waals surface area contributed by atoms with Crippen molar-refractivity contribution in [3.05, 3.63) is 29.8 Å². The second kappa shape index (κ2) is 9.16. The minimum atomic E-state index is -0.308. The SMILES string of the molecule is COc1ccc(N2C[C@H](C(=O)N3CCCC4=C[C@H]5C[C@@H](CN6CCCC[C@H]56)[C@@H]43)CC2=O)c(OC)c1. The number of hydrogen-bond donors (Lipinski definition) is 0. The topological polar surface area (TPSA) is 62.3 Å². The summed E-state index contributed by atoms with van der Waals surface area (Å²) in [6, 6.07) is 6.39. The molecule has 2 amide bonds. The Hall–Kier alpha value is -2.54. The van der Waals surface area contributed by atoms with Crippen LogP contribution in [0.4, 0.5) is 5.69 Å². The third kappa shape index (κ3) is 3.92. The smallest absolute Gasteiger partial charge is 0.228 e. The first kappa shape index (κ1) is 22.9. The molecule has 188 valence electrons. The van der Waals surface area contributed by atoms with Gasteiger partial charge in [-0.25, -0.2) is 0 Å². The Balaban J connectivity index is 1.22. The maximum atomic E-state index is 13.9. The van der Waals surface area contributed by atoms with E-state index in [2.05, 4.69) is 15.9 Å². The minimum absolute atomic E-state index is 0.0166. The van der Waals surface area contributed by atoms with Crippen molar-refractivity contribution in [3.8, 4) is 11.5 Å². The van der Waals surface area contributed by atoms with Crippen molar-refractivity contribution >= 4 is 17.5 Å². The van der Waals surface area contributed by atoms with Gasteiger partial charge in [0.25, 0.3) is 0 Å². The van der Waals surface area contributed by atoms with Crippen molar-refractivity contribution < 1.29 is 19.1 Å². The monoisotopic (exact) mass is 479 g/mol. The van der Waals surface area contributed by atoms with Gasteiger partial charge >= 0.3 is 0 Å². The molecule has 0 saturated carbocycles. The van der Waals surface area contributed by atoms with Crippen molar-refractivity contribution in [2.75, 3.05) is 45.3 Å². The van der Waals surface area contributed by atoms with Crippen LogP contribution in [0.15, 0.2) is 29.8 Å². The molecule has 1 aliphatic carbocycles. The molecule has 0 unspecified atom stereocenters. The Morgan fingerprint density at radius 3 is 2.77 bits per heavy atom. The zero-order valence-corrected chi connectivity index (χ0v) is 20.9. The normalized spacial score (nSPS) is 32.6. The van der Waals surface area contributed by atoms with Gasteiger partial charge in [-0.05, 0) is 62.6 Å². The summed E-state index contributed by atoms with van der Waals surface area (Å²) in [4.78, 5) is 33.6. The predicted octanol–water partition coefficient (Wildman–Crippen LogP) is 3.48. The highest BCUT2D eigenvalue weighted by molar-refractivity contribution is 6.01. The first-order chi connectivity index (χ1) is 17.1. The van der Waals surface area contributed by atoms with Gasteiger partial charge in [-0.3, -0.25) is 14.5 Å². The quantitative estimate of drug-likeness (QED) is 0.619. The number of likely N-dealkylation sites (tertiary alicyclic amines) is 1. The van der Waals surface area contributed by atoms with E-state index in [9.17, 15) is 9.59 Å². The maximum absolute atomic E-state index is 13.9. The number of fused-ring (bicyclic) bond motifs is 6. The Morgan fingerprint density at radius 2 is 1.94 bits per heavy atom. The number of hydrogen-bond acceptors (Lipinski definition) is 5. The summed E-state index contributed by atoms with van der Waals surface area (Å²) in [5.74, 6) is 2.27. The number of piperidine rings is 3. The van der Waals surface area contributed by atoms with Gasteiger partial charge in [-0.15, -0.1) is 0 Å². The molecule has 1 aromatic rings. The van der Waals surface area contributed by atoms with Gasteiger partial charge in [-0.2, -0.15) is 0 Å². The van der Waals surface area contributed by atoms with Gasteiger partial charge in [0, 0.05) is 38.2 Å². The number of rotatable bonds is 4. The minimum Gasteiger partial charge on any atom is -0.497 e. The first-order valence-electron chi connectivity index (χ1n) is 13.3. The summed E-state index contributed by atoms with van der Waals surface area (Å²) in [6.07, 6.45) is 10.1. The van der Waals surface area contributed by atoms with Crippen LogP contribution in [0, 0.1) is 17.8 Å². The number of anilines is 1. The summed E-state index contributed by atoms with van der Waals surface area (Å²) in [5.41, 5.74) is 2.20. The molecule has 35 heavy (non-hydrogen) atoms. The van der Waals surface area contributed by atoms with E-state index in [4.69, 9.17) is 9.47 Å². The van der Waals surface area contributed by atoms with E-state index in [0.717, 1.165) is 25.9 Å². The van der Waals surface area contributed by atoms with E-state index < -0.39 is 0 Å². The standard InChI is InChI=1S/C28H37N3O4/c1-34-22-8-9-24(25(15-22)35-2)31-17-21(14-26(31)32)28(33)30-11-5-6-18-12-19-13-20(27(18)30)16-29-10-4-3-7-23(19)29/h8-9,12,15,19-21,23,27H,3-7,10-11,13-14,16-17H2,1-2H3/t19-,20-,21+,23+,27+/m0/s1. The summed E-state index contributed by atoms with van der Waals surface area (Å²) in [6.45, 7) is 3.54. The van der Waals surface area contributed by atoms with E-state index >= 15 is 0 Å². The van der Waals surface area contributed by atoms with Crippen molar-refractivity contribution in [1.29, 1.82) is 0 Å². The zero-order valence-electron chi connectivity index (χ0n) is 20.9. The Morgan fingerprint density at radius 1 is 1.06 bits per heavy atom. The number of benzene rings is 1. The Kier molecular flexibility index (Phi) is 5.99.